The van der Waals surface area contributed by atoms with Crippen molar-refractivity contribution < 1.29 is 35.1 Å². The van der Waals surface area contributed by atoms with Crippen LogP contribution in [0.1, 0.15) is 4.88 Å². The highest BCUT2D eigenvalue weighted by Crippen LogP contribution is 2.54. The van der Waals surface area contributed by atoms with Crippen LogP contribution in [-0.4, -0.2) is 19.4 Å². The molecule has 3 rings (SSSR count). The second-order valence-corrected chi connectivity index (χ2v) is 7.41. The molecule has 0 radical (unpaired) electrons. The standard InChI is InChI=1S/C20H13F8NS/c1-29-18(19(23,24)25,20(26,27)28)16-10-15(11-2-6-13(21)7-3-11)17(30-16)12-4-8-14(22)9-5-12/h2-10,29H,1H3. The molecule has 0 saturated heterocycles. The van der Waals surface area contributed by atoms with E-state index in [1.54, 1.807) is 0 Å². The zero-order chi connectivity index (χ0) is 22.3. The average molecular weight is 451 g/mol. The summed E-state index contributed by atoms with van der Waals surface area (Å²) in [5, 5.41) is 1.41. The highest BCUT2D eigenvalue weighted by molar-refractivity contribution is 7.16. The number of halogens is 8. The summed E-state index contributed by atoms with van der Waals surface area (Å²) in [6, 6.07) is 9.95. The number of rotatable bonds is 4. The predicted molar refractivity (Wildman–Crippen MR) is 98.0 cm³/mol. The van der Waals surface area contributed by atoms with E-state index in [2.05, 4.69) is 0 Å². The molecule has 10 heteroatoms. The van der Waals surface area contributed by atoms with Gasteiger partial charge in [0.05, 0.1) is 0 Å². The van der Waals surface area contributed by atoms with Gasteiger partial charge in [0.1, 0.15) is 11.6 Å². The Labute approximate surface area is 170 Å². The number of thiophene rings is 1. The minimum atomic E-state index is -5.70. The van der Waals surface area contributed by atoms with Crippen molar-refractivity contribution in [1.29, 1.82) is 0 Å². The molecule has 0 unspecified atom stereocenters. The summed E-state index contributed by atoms with van der Waals surface area (Å²) in [6.45, 7) is 0. The van der Waals surface area contributed by atoms with Crippen LogP contribution in [0.3, 0.4) is 0 Å². The molecule has 0 bridgehead atoms. The average Bonchev–Trinajstić information content (AvgIpc) is 3.06. The second kappa shape index (κ2) is 7.66. The lowest BCUT2D eigenvalue weighted by atomic mass is 9.93. The fourth-order valence-electron chi connectivity index (χ4n) is 3.08. The van der Waals surface area contributed by atoms with Crippen molar-refractivity contribution in [2.75, 3.05) is 7.05 Å². The molecular weight excluding hydrogens is 438 g/mol. The summed E-state index contributed by atoms with van der Waals surface area (Å²) < 4.78 is 109. The molecule has 0 fully saturated rings. The molecule has 30 heavy (non-hydrogen) atoms. The third-order valence-corrected chi connectivity index (χ3v) is 5.89. The van der Waals surface area contributed by atoms with E-state index in [4.69, 9.17) is 0 Å². The Balaban J connectivity index is 2.33. The van der Waals surface area contributed by atoms with Gasteiger partial charge in [-0.25, -0.2) is 8.78 Å². The van der Waals surface area contributed by atoms with Crippen molar-refractivity contribution in [2.45, 2.75) is 17.9 Å². The predicted octanol–water partition coefficient (Wildman–Crippen LogP) is 6.90. The quantitative estimate of drug-likeness (QED) is 0.426. The molecule has 0 atom stereocenters. The maximum absolute atomic E-state index is 13.7. The minimum Gasteiger partial charge on any atom is -0.295 e. The molecular formula is C20H13F8NS. The molecule has 0 aliphatic heterocycles. The smallest absolute Gasteiger partial charge is 0.295 e. The molecule has 0 spiro atoms. The number of hydrogen-bond acceptors (Lipinski definition) is 2. The van der Waals surface area contributed by atoms with Crippen molar-refractivity contribution in [3.8, 4) is 21.6 Å². The molecule has 3 aromatic rings. The highest BCUT2D eigenvalue weighted by atomic mass is 32.1. The van der Waals surface area contributed by atoms with Crippen LogP contribution < -0.4 is 5.32 Å². The highest BCUT2D eigenvalue weighted by Gasteiger charge is 2.72. The summed E-state index contributed by atoms with van der Waals surface area (Å²) in [6.07, 6.45) is -11.4. The first kappa shape index (κ1) is 22.2. The maximum Gasteiger partial charge on any atom is 0.420 e. The Bertz CT molecular complexity index is 940. The Morgan fingerprint density at radius 3 is 1.53 bits per heavy atom. The number of alkyl halides is 6. The Hall–Kier alpha value is -2.46. The van der Waals surface area contributed by atoms with E-state index >= 15 is 0 Å². The largest absolute Gasteiger partial charge is 0.420 e. The summed E-state index contributed by atoms with van der Waals surface area (Å²) in [4.78, 5) is -0.978. The second-order valence-electron chi connectivity index (χ2n) is 6.36. The molecule has 1 aromatic heterocycles. The van der Waals surface area contributed by atoms with Gasteiger partial charge in [-0.05, 0) is 48.5 Å². The minimum absolute atomic E-state index is 0.0368. The molecule has 0 saturated carbocycles. The van der Waals surface area contributed by atoms with E-state index in [0.717, 1.165) is 30.3 Å². The maximum atomic E-state index is 13.7. The molecule has 0 amide bonds. The lowest BCUT2D eigenvalue weighted by molar-refractivity contribution is -0.311. The van der Waals surface area contributed by atoms with Crippen LogP contribution in [0, 0.1) is 11.6 Å². The molecule has 0 aliphatic carbocycles. The van der Waals surface area contributed by atoms with Crippen LogP contribution in [0.4, 0.5) is 35.1 Å². The molecule has 0 aliphatic rings. The SMILES string of the molecule is CNC(c1cc(-c2ccc(F)cc2)c(-c2ccc(F)cc2)s1)(C(F)(F)F)C(F)(F)F. The van der Waals surface area contributed by atoms with Gasteiger partial charge in [-0.3, -0.25) is 5.32 Å². The number of benzene rings is 2. The van der Waals surface area contributed by atoms with Gasteiger partial charge in [0, 0.05) is 15.3 Å². The van der Waals surface area contributed by atoms with Gasteiger partial charge in [0.25, 0.3) is 0 Å². The van der Waals surface area contributed by atoms with Gasteiger partial charge in [-0.2, -0.15) is 26.3 Å². The van der Waals surface area contributed by atoms with Crippen LogP contribution in [-0.2, 0) is 5.54 Å². The first-order valence-corrected chi connectivity index (χ1v) is 9.21. The molecule has 1 N–H and O–H groups in total. The van der Waals surface area contributed by atoms with Crippen LogP contribution in [0.25, 0.3) is 21.6 Å². The lowest BCUT2D eigenvalue weighted by Crippen LogP contribution is -2.61. The lowest BCUT2D eigenvalue weighted by Gasteiger charge is -2.36. The molecule has 1 nitrogen and oxygen atoms in total. The van der Waals surface area contributed by atoms with Gasteiger partial charge in [-0.15, -0.1) is 11.3 Å². The Morgan fingerprint density at radius 1 is 0.700 bits per heavy atom. The monoisotopic (exact) mass is 451 g/mol. The van der Waals surface area contributed by atoms with Gasteiger partial charge >= 0.3 is 12.4 Å². The van der Waals surface area contributed by atoms with E-state index in [-0.39, 0.29) is 32.9 Å². The summed E-state index contributed by atoms with van der Waals surface area (Å²) in [5.41, 5.74) is -3.83. The summed E-state index contributed by atoms with van der Waals surface area (Å²) in [5.74, 6) is -1.23. The fourth-order valence-corrected chi connectivity index (χ4v) is 4.51. The Morgan fingerprint density at radius 2 is 1.13 bits per heavy atom. The van der Waals surface area contributed by atoms with Crippen LogP contribution in [0.5, 0.6) is 0 Å². The summed E-state index contributed by atoms with van der Waals surface area (Å²) in [7, 11) is 0.579. The van der Waals surface area contributed by atoms with E-state index in [1.165, 1.54) is 29.6 Å². The van der Waals surface area contributed by atoms with Crippen molar-refractivity contribution in [2.24, 2.45) is 0 Å². The summed E-state index contributed by atoms with van der Waals surface area (Å²) >= 11 is 0.284. The number of nitrogens with one attached hydrogen (secondary N) is 1. The van der Waals surface area contributed by atoms with Gasteiger partial charge < -0.3 is 0 Å². The van der Waals surface area contributed by atoms with Crippen LogP contribution >= 0.6 is 11.3 Å². The zero-order valence-corrected chi connectivity index (χ0v) is 15.9. The van der Waals surface area contributed by atoms with E-state index in [1.807, 2.05) is 0 Å². The normalized spacial score (nSPS) is 13.0. The van der Waals surface area contributed by atoms with Gasteiger partial charge in [0.2, 0.25) is 5.54 Å². The molecule has 160 valence electrons. The fraction of sp³-hybridized carbons (Fsp3) is 0.200. The van der Waals surface area contributed by atoms with E-state index in [0.29, 0.717) is 7.05 Å². The van der Waals surface area contributed by atoms with Crippen molar-refractivity contribution in [1.82, 2.24) is 5.32 Å². The van der Waals surface area contributed by atoms with Crippen molar-refractivity contribution in [3.05, 3.63) is 71.1 Å². The first-order valence-electron chi connectivity index (χ1n) is 8.39. The van der Waals surface area contributed by atoms with Gasteiger partial charge in [-0.1, -0.05) is 24.3 Å². The zero-order valence-electron chi connectivity index (χ0n) is 15.1. The van der Waals surface area contributed by atoms with E-state index in [9.17, 15) is 35.1 Å². The topological polar surface area (TPSA) is 12.0 Å². The van der Waals surface area contributed by atoms with Crippen molar-refractivity contribution >= 4 is 11.3 Å². The van der Waals surface area contributed by atoms with Crippen molar-refractivity contribution in [3.63, 3.8) is 0 Å². The molecule has 1 heterocycles. The van der Waals surface area contributed by atoms with Crippen LogP contribution in [0.15, 0.2) is 54.6 Å². The Kier molecular flexibility index (Phi) is 5.68. The third-order valence-electron chi connectivity index (χ3n) is 4.59. The molecule has 2 aromatic carbocycles. The van der Waals surface area contributed by atoms with Gasteiger partial charge in [0.15, 0.2) is 0 Å². The number of hydrogen-bond donors (Lipinski definition) is 1. The first-order chi connectivity index (χ1) is 13.9. The van der Waals surface area contributed by atoms with E-state index < -0.39 is 34.4 Å². The van der Waals surface area contributed by atoms with Crippen LogP contribution in [0.2, 0.25) is 0 Å². The third kappa shape index (κ3) is 3.69.